The molecule has 1 aliphatic heterocycles. The summed E-state index contributed by atoms with van der Waals surface area (Å²) < 4.78 is 18.7. The largest absolute Gasteiger partial charge is 0.458 e. The average Bonchev–Trinajstić information content (AvgIpc) is 2.81. The van der Waals surface area contributed by atoms with Gasteiger partial charge in [0, 0.05) is 0 Å². The first-order valence-corrected chi connectivity index (χ1v) is 8.14. The molecule has 0 N–H and O–H groups in total. The van der Waals surface area contributed by atoms with Crippen molar-refractivity contribution in [3.8, 4) is 0 Å². The highest BCUT2D eigenvalue weighted by Gasteiger charge is 2.44. The zero-order valence-electron chi connectivity index (χ0n) is 14.7. The molecule has 0 radical (unpaired) electrons. The topological polar surface area (TPSA) is 63.7 Å². The number of rotatable bonds is 3. The van der Waals surface area contributed by atoms with Gasteiger partial charge in [-0.15, -0.1) is 0 Å². The molecule has 1 atom stereocenters. The van der Waals surface area contributed by atoms with Crippen molar-refractivity contribution in [2.24, 2.45) is 0 Å². The Morgan fingerprint density at radius 3 is 1.92 bits per heavy atom. The SMILES string of the molecule is CC(C)(C)OC(=O)C(c1ccc(F)cc1)N1C(=O)c2ccccc2C1=O. The van der Waals surface area contributed by atoms with Crippen LogP contribution in [0.3, 0.4) is 0 Å². The van der Waals surface area contributed by atoms with Crippen LogP contribution < -0.4 is 0 Å². The summed E-state index contributed by atoms with van der Waals surface area (Å²) in [6, 6.07) is 10.2. The fourth-order valence-corrected chi connectivity index (χ4v) is 2.84. The van der Waals surface area contributed by atoms with E-state index in [1.54, 1.807) is 32.9 Å². The van der Waals surface area contributed by atoms with Crippen LogP contribution in [0.5, 0.6) is 0 Å². The maximum absolute atomic E-state index is 13.3. The van der Waals surface area contributed by atoms with Crippen molar-refractivity contribution in [2.45, 2.75) is 32.4 Å². The van der Waals surface area contributed by atoms with Crippen molar-refractivity contribution in [1.29, 1.82) is 0 Å². The van der Waals surface area contributed by atoms with Gasteiger partial charge in [-0.2, -0.15) is 0 Å². The molecular weight excluding hydrogens is 337 g/mol. The van der Waals surface area contributed by atoms with E-state index >= 15 is 0 Å². The van der Waals surface area contributed by atoms with Gasteiger partial charge >= 0.3 is 5.97 Å². The van der Waals surface area contributed by atoms with Gasteiger partial charge in [-0.25, -0.2) is 9.18 Å². The van der Waals surface area contributed by atoms with E-state index in [4.69, 9.17) is 4.74 Å². The van der Waals surface area contributed by atoms with Crippen LogP contribution in [0.15, 0.2) is 48.5 Å². The molecule has 0 saturated heterocycles. The van der Waals surface area contributed by atoms with Gasteiger partial charge in [0.05, 0.1) is 11.1 Å². The van der Waals surface area contributed by atoms with Crippen molar-refractivity contribution >= 4 is 17.8 Å². The number of fused-ring (bicyclic) bond motifs is 1. The number of benzene rings is 2. The van der Waals surface area contributed by atoms with E-state index < -0.39 is 35.2 Å². The third-order valence-corrected chi connectivity index (χ3v) is 3.90. The standard InChI is InChI=1S/C20H18FNO4/c1-20(2,3)26-19(25)16(12-8-10-13(21)11-9-12)22-17(23)14-6-4-5-7-15(14)18(22)24/h4-11,16H,1-3H3. The zero-order valence-corrected chi connectivity index (χ0v) is 14.7. The Morgan fingerprint density at radius 1 is 0.962 bits per heavy atom. The summed E-state index contributed by atoms with van der Waals surface area (Å²) >= 11 is 0. The molecule has 1 unspecified atom stereocenters. The van der Waals surface area contributed by atoms with Crippen LogP contribution in [0, 0.1) is 5.82 Å². The lowest BCUT2D eigenvalue weighted by Crippen LogP contribution is -2.41. The molecule has 0 fully saturated rings. The highest BCUT2D eigenvalue weighted by Crippen LogP contribution is 2.33. The van der Waals surface area contributed by atoms with Gasteiger partial charge in [0.1, 0.15) is 11.4 Å². The minimum Gasteiger partial charge on any atom is -0.458 e. The zero-order chi connectivity index (χ0) is 19.1. The van der Waals surface area contributed by atoms with Crippen LogP contribution in [0.25, 0.3) is 0 Å². The molecule has 134 valence electrons. The lowest BCUT2D eigenvalue weighted by molar-refractivity contribution is -0.160. The number of hydrogen-bond donors (Lipinski definition) is 0. The summed E-state index contributed by atoms with van der Waals surface area (Å²) in [5, 5.41) is 0. The number of hydrogen-bond acceptors (Lipinski definition) is 4. The number of ether oxygens (including phenoxy) is 1. The van der Waals surface area contributed by atoms with E-state index in [2.05, 4.69) is 0 Å². The fourth-order valence-electron chi connectivity index (χ4n) is 2.84. The third kappa shape index (κ3) is 3.22. The van der Waals surface area contributed by atoms with E-state index in [0.717, 1.165) is 4.90 Å². The summed E-state index contributed by atoms with van der Waals surface area (Å²) in [4.78, 5) is 39.3. The van der Waals surface area contributed by atoms with Crippen LogP contribution >= 0.6 is 0 Å². The summed E-state index contributed by atoms with van der Waals surface area (Å²) in [5.74, 6) is -2.39. The number of carbonyl (C=O) groups excluding carboxylic acids is 3. The average molecular weight is 355 g/mol. The molecule has 6 heteroatoms. The Bertz CT molecular complexity index is 848. The second-order valence-electron chi connectivity index (χ2n) is 7.01. The Kier molecular flexibility index (Phi) is 4.36. The van der Waals surface area contributed by atoms with Gasteiger partial charge in [-0.3, -0.25) is 14.5 Å². The first-order valence-electron chi connectivity index (χ1n) is 8.14. The highest BCUT2D eigenvalue weighted by atomic mass is 19.1. The molecule has 5 nitrogen and oxygen atoms in total. The summed E-state index contributed by atoms with van der Waals surface area (Å²) in [6.45, 7) is 5.07. The third-order valence-electron chi connectivity index (χ3n) is 3.90. The minimum absolute atomic E-state index is 0.230. The molecule has 0 aromatic heterocycles. The Morgan fingerprint density at radius 2 is 1.46 bits per heavy atom. The molecule has 1 heterocycles. The fraction of sp³-hybridized carbons (Fsp3) is 0.250. The second-order valence-corrected chi connectivity index (χ2v) is 7.01. The maximum Gasteiger partial charge on any atom is 0.334 e. The molecule has 0 aliphatic carbocycles. The lowest BCUT2D eigenvalue weighted by atomic mass is 10.0. The summed E-state index contributed by atoms with van der Waals surface area (Å²) in [5.41, 5.74) is -0.0508. The van der Waals surface area contributed by atoms with Crippen molar-refractivity contribution in [2.75, 3.05) is 0 Å². The summed E-state index contributed by atoms with van der Waals surface area (Å²) in [6.07, 6.45) is 0. The van der Waals surface area contributed by atoms with Gasteiger partial charge in [0.15, 0.2) is 6.04 Å². The number of carbonyl (C=O) groups is 3. The van der Waals surface area contributed by atoms with Crippen LogP contribution in [0.4, 0.5) is 4.39 Å². The van der Waals surface area contributed by atoms with Crippen LogP contribution in [0.2, 0.25) is 0 Å². The molecule has 26 heavy (non-hydrogen) atoms. The summed E-state index contributed by atoms with van der Waals surface area (Å²) in [7, 11) is 0. The quantitative estimate of drug-likeness (QED) is 0.624. The molecule has 0 spiro atoms. The van der Waals surface area contributed by atoms with Crippen molar-refractivity contribution in [3.05, 3.63) is 71.0 Å². The van der Waals surface area contributed by atoms with E-state index in [-0.39, 0.29) is 11.1 Å². The van der Waals surface area contributed by atoms with E-state index in [9.17, 15) is 18.8 Å². The maximum atomic E-state index is 13.3. The molecule has 1 aliphatic rings. The van der Waals surface area contributed by atoms with E-state index in [1.165, 1.54) is 36.4 Å². The number of halogens is 1. The lowest BCUT2D eigenvalue weighted by Gasteiger charge is -2.28. The molecule has 3 rings (SSSR count). The number of esters is 1. The number of amides is 2. The number of nitrogens with zero attached hydrogens (tertiary/aromatic N) is 1. The van der Waals surface area contributed by atoms with Crippen molar-refractivity contribution in [3.63, 3.8) is 0 Å². The molecule has 2 amide bonds. The Hall–Kier alpha value is -3.02. The molecule has 0 bridgehead atoms. The number of imide groups is 1. The first kappa shape index (κ1) is 17.8. The van der Waals surface area contributed by atoms with Gasteiger partial charge in [0.2, 0.25) is 0 Å². The van der Waals surface area contributed by atoms with Gasteiger partial charge in [-0.1, -0.05) is 24.3 Å². The first-order chi connectivity index (χ1) is 12.2. The monoisotopic (exact) mass is 355 g/mol. The van der Waals surface area contributed by atoms with E-state index in [0.29, 0.717) is 5.56 Å². The van der Waals surface area contributed by atoms with Gasteiger partial charge in [-0.05, 0) is 50.6 Å². The van der Waals surface area contributed by atoms with Crippen LogP contribution in [-0.4, -0.2) is 28.3 Å². The molecule has 2 aromatic rings. The van der Waals surface area contributed by atoms with Gasteiger partial charge in [0.25, 0.3) is 11.8 Å². The highest BCUT2D eigenvalue weighted by molar-refractivity contribution is 6.22. The predicted molar refractivity (Wildman–Crippen MR) is 91.9 cm³/mol. The second kappa shape index (κ2) is 6.37. The van der Waals surface area contributed by atoms with E-state index in [1.807, 2.05) is 0 Å². The van der Waals surface area contributed by atoms with Crippen LogP contribution in [0.1, 0.15) is 53.1 Å². The van der Waals surface area contributed by atoms with Gasteiger partial charge < -0.3 is 4.74 Å². The Labute approximate surface area is 150 Å². The van der Waals surface area contributed by atoms with Crippen molar-refractivity contribution in [1.82, 2.24) is 4.90 Å². The minimum atomic E-state index is -1.29. The van der Waals surface area contributed by atoms with Crippen molar-refractivity contribution < 1.29 is 23.5 Å². The molecule has 2 aromatic carbocycles. The Balaban J connectivity index is 2.07. The van der Waals surface area contributed by atoms with Crippen LogP contribution in [-0.2, 0) is 9.53 Å². The predicted octanol–water partition coefficient (Wildman–Crippen LogP) is 3.50. The normalized spacial score (nSPS) is 15.0. The molecule has 0 saturated carbocycles. The molecular formula is C20H18FNO4. The smallest absolute Gasteiger partial charge is 0.334 e.